The van der Waals surface area contributed by atoms with E-state index in [1.165, 1.54) is 7.11 Å². The van der Waals surface area contributed by atoms with E-state index in [0.29, 0.717) is 10.6 Å². The number of carbonyl (C=O) groups excluding carboxylic acids is 1. The van der Waals surface area contributed by atoms with Gasteiger partial charge in [0.1, 0.15) is 6.04 Å². The Morgan fingerprint density at radius 3 is 3.00 bits per heavy atom. The summed E-state index contributed by atoms with van der Waals surface area (Å²) in [5, 5.41) is 0.417. The van der Waals surface area contributed by atoms with Crippen molar-refractivity contribution in [3.8, 4) is 0 Å². The lowest BCUT2D eigenvalue weighted by Gasteiger charge is -2.09. The second-order valence-electron chi connectivity index (χ2n) is 2.43. The van der Waals surface area contributed by atoms with Crippen LogP contribution in [0.2, 0.25) is 5.02 Å². The van der Waals surface area contributed by atoms with Crippen molar-refractivity contribution in [2.24, 2.45) is 5.73 Å². The molecule has 3 nitrogen and oxygen atoms in total. The van der Waals surface area contributed by atoms with Crippen molar-refractivity contribution in [3.05, 3.63) is 34.9 Å². The zero-order chi connectivity index (χ0) is 9.84. The molecule has 0 fully saturated rings. The molecule has 0 bridgehead atoms. The zero-order valence-electron chi connectivity index (χ0n) is 7.08. The van der Waals surface area contributed by atoms with Crippen LogP contribution in [-0.2, 0) is 9.53 Å². The van der Waals surface area contributed by atoms with Crippen LogP contribution in [0.4, 0.5) is 0 Å². The topological polar surface area (TPSA) is 52.3 Å². The maximum atomic E-state index is 11.0. The molecule has 0 saturated carbocycles. The van der Waals surface area contributed by atoms with Gasteiger partial charge < -0.3 is 10.5 Å². The summed E-state index contributed by atoms with van der Waals surface area (Å²) < 4.78 is 4.48. The molecule has 0 amide bonds. The van der Waals surface area contributed by atoms with Crippen LogP contribution in [0.15, 0.2) is 18.2 Å². The molecule has 1 atom stereocenters. The number of hydrogen-bond donors (Lipinski definition) is 1. The summed E-state index contributed by atoms with van der Waals surface area (Å²) in [5.74, 6) is -0.524. The average Bonchev–Trinajstić information content (AvgIpc) is 2.16. The maximum Gasteiger partial charge on any atom is 0.327 e. The van der Waals surface area contributed by atoms with Crippen molar-refractivity contribution < 1.29 is 9.53 Å². The number of ether oxygens (including phenoxy) is 1. The minimum Gasteiger partial charge on any atom is -0.468 e. The van der Waals surface area contributed by atoms with E-state index in [0.717, 1.165) is 0 Å². The number of esters is 1. The van der Waals surface area contributed by atoms with Crippen LogP contribution < -0.4 is 5.73 Å². The van der Waals surface area contributed by atoms with Crippen molar-refractivity contribution in [1.29, 1.82) is 0 Å². The largest absolute Gasteiger partial charge is 0.468 e. The van der Waals surface area contributed by atoms with Crippen LogP contribution >= 0.6 is 11.6 Å². The van der Waals surface area contributed by atoms with Crippen LogP contribution in [0.3, 0.4) is 0 Å². The van der Waals surface area contributed by atoms with Crippen molar-refractivity contribution in [2.45, 2.75) is 6.04 Å². The van der Waals surface area contributed by atoms with Gasteiger partial charge in [-0.1, -0.05) is 23.7 Å². The summed E-state index contributed by atoms with van der Waals surface area (Å²) in [6.07, 6.45) is 0. The number of carbonyl (C=O) groups is 1. The van der Waals surface area contributed by atoms with Crippen LogP contribution in [0, 0.1) is 6.07 Å². The molecular weight excluding hydrogens is 190 g/mol. The molecule has 0 spiro atoms. The first-order valence-corrected chi connectivity index (χ1v) is 4.04. The van der Waals surface area contributed by atoms with Gasteiger partial charge >= 0.3 is 5.97 Å². The first-order chi connectivity index (χ1) is 6.16. The third-order valence-corrected chi connectivity index (χ3v) is 1.93. The van der Waals surface area contributed by atoms with Crippen molar-refractivity contribution in [1.82, 2.24) is 0 Å². The predicted molar refractivity (Wildman–Crippen MR) is 49.2 cm³/mol. The Labute approximate surface area is 81.4 Å². The highest BCUT2D eigenvalue weighted by atomic mass is 35.5. The molecule has 0 aliphatic carbocycles. The third-order valence-electron chi connectivity index (χ3n) is 1.60. The molecule has 4 heteroatoms. The Kier molecular flexibility index (Phi) is 3.28. The van der Waals surface area contributed by atoms with Crippen LogP contribution in [0.5, 0.6) is 0 Å². The highest BCUT2D eigenvalue weighted by Gasteiger charge is 2.18. The summed E-state index contributed by atoms with van der Waals surface area (Å²) in [4.78, 5) is 11.0. The van der Waals surface area contributed by atoms with Gasteiger partial charge in [0.2, 0.25) is 0 Å². The fraction of sp³-hybridized carbons (Fsp3) is 0.222. The minimum atomic E-state index is -0.862. The first-order valence-electron chi connectivity index (χ1n) is 3.66. The van der Waals surface area contributed by atoms with Crippen LogP contribution in [0.25, 0.3) is 0 Å². The van der Waals surface area contributed by atoms with Crippen molar-refractivity contribution in [3.63, 3.8) is 0 Å². The summed E-state index contributed by atoms with van der Waals surface area (Å²) in [6, 6.07) is 6.94. The Balaban J connectivity index is 2.95. The Morgan fingerprint density at radius 2 is 2.46 bits per heavy atom. The molecular formula is C9H9ClNO2. The van der Waals surface area contributed by atoms with Gasteiger partial charge in [-0.3, -0.25) is 4.79 Å². The van der Waals surface area contributed by atoms with E-state index in [1.807, 2.05) is 0 Å². The highest BCUT2D eigenvalue weighted by Crippen LogP contribution is 2.20. The van der Waals surface area contributed by atoms with E-state index in [9.17, 15) is 4.79 Å². The molecule has 0 saturated heterocycles. The average molecular weight is 199 g/mol. The van der Waals surface area contributed by atoms with E-state index < -0.39 is 12.0 Å². The van der Waals surface area contributed by atoms with Gasteiger partial charge in [0.05, 0.1) is 7.11 Å². The Bertz CT molecular complexity index is 314. The van der Waals surface area contributed by atoms with Gasteiger partial charge in [-0.05, 0) is 12.1 Å². The van der Waals surface area contributed by atoms with E-state index in [4.69, 9.17) is 17.3 Å². The predicted octanol–water partition coefficient (Wildman–Crippen LogP) is 1.31. The molecule has 0 aromatic heterocycles. The number of halogens is 1. The van der Waals surface area contributed by atoms with Crippen molar-refractivity contribution in [2.75, 3.05) is 7.11 Å². The lowest BCUT2D eigenvalue weighted by atomic mass is 10.1. The molecule has 0 aliphatic heterocycles. The molecule has 1 rings (SSSR count). The highest BCUT2D eigenvalue weighted by molar-refractivity contribution is 6.31. The quantitative estimate of drug-likeness (QED) is 0.730. The van der Waals surface area contributed by atoms with E-state index in [2.05, 4.69) is 10.8 Å². The maximum absolute atomic E-state index is 11.0. The standard InChI is InChI=1S/C9H9ClNO2/c1-13-9(12)8(11)6-4-2-3-5-7(6)10/h2-3,5,8H,11H2,1H3. The summed E-state index contributed by atoms with van der Waals surface area (Å²) in [5.41, 5.74) is 6.01. The normalized spacial score (nSPS) is 12.2. The molecule has 1 aromatic carbocycles. The van der Waals surface area contributed by atoms with Gasteiger partial charge in [-0.2, -0.15) is 0 Å². The van der Waals surface area contributed by atoms with E-state index >= 15 is 0 Å². The van der Waals surface area contributed by atoms with Crippen molar-refractivity contribution >= 4 is 17.6 Å². The Morgan fingerprint density at radius 1 is 1.77 bits per heavy atom. The second kappa shape index (κ2) is 4.25. The number of hydrogen-bond acceptors (Lipinski definition) is 3. The van der Waals surface area contributed by atoms with Crippen LogP contribution in [0.1, 0.15) is 11.6 Å². The van der Waals surface area contributed by atoms with Gasteiger partial charge in [-0.25, -0.2) is 0 Å². The van der Waals surface area contributed by atoms with Crippen LogP contribution in [-0.4, -0.2) is 13.1 Å². The molecule has 1 radical (unpaired) electrons. The Hall–Kier alpha value is -1.06. The summed E-state index contributed by atoms with van der Waals surface area (Å²) in [7, 11) is 1.28. The number of methoxy groups -OCH3 is 1. The molecule has 1 unspecified atom stereocenters. The molecule has 69 valence electrons. The fourth-order valence-corrected chi connectivity index (χ4v) is 1.16. The zero-order valence-corrected chi connectivity index (χ0v) is 7.84. The molecule has 0 aliphatic rings. The van der Waals surface area contributed by atoms with E-state index in [1.54, 1.807) is 18.2 Å². The monoisotopic (exact) mass is 198 g/mol. The molecule has 2 N–H and O–H groups in total. The third kappa shape index (κ3) is 2.20. The number of nitrogens with two attached hydrogens (primary N) is 1. The molecule has 1 aromatic rings. The van der Waals surface area contributed by atoms with Gasteiger partial charge in [0.25, 0.3) is 0 Å². The smallest absolute Gasteiger partial charge is 0.327 e. The summed E-state index contributed by atoms with van der Waals surface area (Å²) >= 11 is 5.80. The lowest BCUT2D eigenvalue weighted by Crippen LogP contribution is -2.22. The number of benzene rings is 1. The second-order valence-corrected chi connectivity index (χ2v) is 2.84. The SMILES string of the molecule is COC(=O)C(N)c1[c]cccc1Cl. The molecule has 0 heterocycles. The minimum absolute atomic E-state index is 0.417. The lowest BCUT2D eigenvalue weighted by molar-refractivity contribution is -0.142. The first kappa shape index (κ1) is 10.0. The summed E-state index contributed by atoms with van der Waals surface area (Å²) in [6.45, 7) is 0. The fourth-order valence-electron chi connectivity index (χ4n) is 0.912. The van der Waals surface area contributed by atoms with Gasteiger partial charge in [-0.15, -0.1) is 0 Å². The van der Waals surface area contributed by atoms with Gasteiger partial charge in [0, 0.05) is 10.6 Å². The number of rotatable bonds is 2. The van der Waals surface area contributed by atoms with Gasteiger partial charge in [0.15, 0.2) is 0 Å². The van der Waals surface area contributed by atoms with E-state index in [-0.39, 0.29) is 0 Å². The molecule has 13 heavy (non-hydrogen) atoms.